The van der Waals surface area contributed by atoms with Crippen LogP contribution in [-0.4, -0.2) is 25.0 Å². The van der Waals surface area contributed by atoms with Gasteiger partial charge in [-0.3, -0.25) is 9.69 Å². The maximum atomic E-state index is 13.0. The van der Waals surface area contributed by atoms with Gasteiger partial charge in [-0.2, -0.15) is 0 Å². The van der Waals surface area contributed by atoms with Crippen LogP contribution in [0.2, 0.25) is 5.02 Å². The van der Waals surface area contributed by atoms with Gasteiger partial charge >= 0.3 is 6.03 Å². The van der Waals surface area contributed by atoms with Gasteiger partial charge in [0.25, 0.3) is 5.91 Å². The number of aryl methyl sites for hydroxylation is 1. The Morgan fingerprint density at radius 1 is 0.900 bits per heavy atom. The summed E-state index contributed by atoms with van der Waals surface area (Å²) >= 11 is 5.86. The van der Waals surface area contributed by atoms with Crippen molar-refractivity contribution < 1.29 is 9.59 Å². The number of amides is 3. The second kappa shape index (κ2) is 10.5. The average Bonchev–Trinajstić information content (AvgIpc) is 2.76. The van der Waals surface area contributed by atoms with Crippen molar-refractivity contribution in [3.8, 4) is 0 Å². The van der Waals surface area contributed by atoms with Gasteiger partial charge in [-0.15, -0.1) is 0 Å². The minimum Gasteiger partial charge on any atom is -0.352 e. The monoisotopic (exact) mass is 421 g/mol. The van der Waals surface area contributed by atoms with Crippen molar-refractivity contribution in [3.63, 3.8) is 0 Å². The molecule has 0 bridgehead atoms. The molecule has 5 nitrogen and oxygen atoms in total. The zero-order valence-electron chi connectivity index (χ0n) is 16.8. The molecule has 0 aromatic heterocycles. The van der Waals surface area contributed by atoms with E-state index in [1.54, 1.807) is 29.2 Å². The van der Waals surface area contributed by atoms with E-state index in [-0.39, 0.29) is 11.9 Å². The Labute approximate surface area is 181 Å². The first-order valence-electron chi connectivity index (χ1n) is 9.77. The molecule has 0 spiro atoms. The summed E-state index contributed by atoms with van der Waals surface area (Å²) in [5, 5.41) is 6.45. The number of carbonyl (C=O) groups excluding carboxylic acids is 2. The SMILES string of the molecule is Cc1ccccc1NC(=O)N(CCCNC(=O)c1ccc(Cl)cc1)c1ccccc1. The van der Waals surface area contributed by atoms with Gasteiger partial charge in [0.2, 0.25) is 0 Å². The van der Waals surface area contributed by atoms with Crippen molar-refractivity contribution in [1.82, 2.24) is 5.32 Å². The van der Waals surface area contributed by atoms with Gasteiger partial charge in [0, 0.05) is 35.1 Å². The minimum atomic E-state index is -0.209. The normalized spacial score (nSPS) is 10.3. The van der Waals surface area contributed by atoms with E-state index >= 15 is 0 Å². The van der Waals surface area contributed by atoms with Gasteiger partial charge in [-0.1, -0.05) is 48.0 Å². The van der Waals surface area contributed by atoms with Crippen molar-refractivity contribution >= 4 is 34.9 Å². The van der Waals surface area contributed by atoms with Crippen molar-refractivity contribution in [3.05, 3.63) is 95.0 Å². The molecule has 0 saturated heterocycles. The predicted octanol–water partition coefficient (Wildman–Crippen LogP) is 5.51. The highest BCUT2D eigenvalue weighted by Gasteiger charge is 2.16. The van der Waals surface area contributed by atoms with Crippen LogP contribution in [-0.2, 0) is 0 Å². The van der Waals surface area contributed by atoms with E-state index in [4.69, 9.17) is 11.6 Å². The van der Waals surface area contributed by atoms with Crippen molar-refractivity contribution in [2.45, 2.75) is 13.3 Å². The third kappa shape index (κ3) is 5.84. The van der Waals surface area contributed by atoms with E-state index in [0.717, 1.165) is 16.9 Å². The Morgan fingerprint density at radius 3 is 2.27 bits per heavy atom. The third-order valence-electron chi connectivity index (χ3n) is 4.65. The Kier molecular flexibility index (Phi) is 7.46. The summed E-state index contributed by atoms with van der Waals surface area (Å²) in [6, 6.07) is 23.7. The third-order valence-corrected chi connectivity index (χ3v) is 4.90. The van der Waals surface area contributed by atoms with Crippen LogP contribution in [0.15, 0.2) is 78.9 Å². The largest absolute Gasteiger partial charge is 0.352 e. The number of urea groups is 1. The number of benzene rings is 3. The lowest BCUT2D eigenvalue weighted by molar-refractivity contribution is 0.0953. The molecule has 3 aromatic rings. The molecule has 0 radical (unpaired) electrons. The van der Waals surface area contributed by atoms with Crippen LogP contribution in [0, 0.1) is 6.92 Å². The van der Waals surface area contributed by atoms with E-state index in [0.29, 0.717) is 30.1 Å². The molecule has 0 atom stereocenters. The lowest BCUT2D eigenvalue weighted by Crippen LogP contribution is -2.37. The number of para-hydroxylation sites is 2. The first-order valence-corrected chi connectivity index (χ1v) is 10.2. The second-order valence-corrected chi connectivity index (χ2v) is 7.29. The molecule has 0 aliphatic carbocycles. The smallest absolute Gasteiger partial charge is 0.326 e. The Hall–Kier alpha value is -3.31. The summed E-state index contributed by atoms with van der Waals surface area (Å²) in [5.41, 5.74) is 3.12. The van der Waals surface area contributed by atoms with Gasteiger partial charge in [0.1, 0.15) is 0 Å². The molecule has 154 valence electrons. The van der Waals surface area contributed by atoms with Crippen LogP contribution in [0.3, 0.4) is 0 Å². The fourth-order valence-electron chi connectivity index (χ4n) is 2.99. The predicted molar refractivity (Wildman–Crippen MR) is 122 cm³/mol. The van der Waals surface area contributed by atoms with Crippen LogP contribution in [0.4, 0.5) is 16.2 Å². The molecule has 0 fully saturated rings. The first-order chi connectivity index (χ1) is 14.5. The molecule has 0 unspecified atom stereocenters. The lowest BCUT2D eigenvalue weighted by atomic mass is 10.2. The molecule has 0 heterocycles. The average molecular weight is 422 g/mol. The van der Waals surface area contributed by atoms with Crippen LogP contribution < -0.4 is 15.5 Å². The highest BCUT2D eigenvalue weighted by Crippen LogP contribution is 2.18. The van der Waals surface area contributed by atoms with Crippen LogP contribution in [0.1, 0.15) is 22.3 Å². The number of halogens is 1. The maximum Gasteiger partial charge on any atom is 0.326 e. The summed E-state index contributed by atoms with van der Waals surface area (Å²) in [4.78, 5) is 26.9. The summed E-state index contributed by atoms with van der Waals surface area (Å²) in [7, 11) is 0. The molecule has 2 N–H and O–H groups in total. The van der Waals surface area contributed by atoms with Gasteiger partial charge in [0.05, 0.1) is 0 Å². The number of anilines is 2. The van der Waals surface area contributed by atoms with Crippen LogP contribution in [0.5, 0.6) is 0 Å². The van der Waals surface area contributed by atoms with Crippen LogP contribution >= 0.6 is 11.6 Å². The molecule has 6 heteroatoms. The van der Waals surface area contributed by atoms with Gasteiger partial charge in [0.15, 0.2) is 0 Å². The Bertz CT molecular complexity index is 991. The molecule has 30 heavy (non-hydrogen) atoms. The molecular weight excluding hydrogens is 398 g/mol. The number of hydrogen-bond donors (Lipinski definition) is 2. The van der Waals surface area contributed by atoms with E-state index in [2.05, 4.69) is 10.6 Å². The molecule has 0 aliphatic heterocycles. The number of carbonyl (C=O) groups is 2. The van der Waals surface area contributed by atoms with Gasteiger partial charge < -0.3 is 10.6 Å². The minimum absolute atomic E-state index is 0.165. The highest BCUT2D eigenvalue weighted by atomic mass is 35.5. The maximum absolute atomic E-state index is 13.0. The van der Waals surface area contributed by atoms with Crippen molar-refractivity contribution in [1.29, 1.82) is 0 Å². The molecule has 0 saturated carbocycles. The van der Waals surface area contributed by atoms with E-state index in [1.165, 1.54) is 0 Å². The molecular formula is C24H24ClN3O2. The second-order valence-electron chi connectivity index (χ2n) is 6.85. The number of nitrogens with one attached hydrogen (secondary N) is 2. The van der Waals surface area contributed by atoms with Crippen molar-refractivity contribution in [2.75, 3.05) is 23.3 Å². The van der Waals surface area contributed by atoms with Gasteiger partial charge in [-0.25, -0.2) is 4.79 Å². The lowest BCUT2D eigenvalue weighted by Gasteiger charge is -2.24. The van der Waals surface area contributed by atoms with E-state index in [1.807, 2.05) is 61.5 Å². The molecule has 3 amide bonds. The first kappa shape index (κ1) is 21.4. The number of hydrogen-bond acceptors (Lipinski definition) is 2. The van der Waals surface area contributed by atoms with Gasteiger partial charge in [-0.05, 0) is 61.4 Å². The summed E-state index contributed by atoms with van der Waals surface area (Å²) in [6.07, 6.45) is 0.607. The standard InChI is InChI=1S/C24H24ClN3O2/c1-18-8-5-6-11-22(18)27-24(30)28(21-9-3-2-4-10-21)17-7-16-26-23(29)19-12-14-20(25)15-13-19/h2-6,8-15H,7,16-17H2,1H3,(H,26,29)(H,27,30). The van der Waals surface area contributed by atoms with Crippen LogP contribution in [0.25, 0.3) is 0 Å². The molecule has 3 rings (SSSR count). The molecule has 0 aliphatic rings. The summed E-state index contributed by atoms with van der Waals surface area (Å²) in [5.74, 6) is -0.165. The Morgan fingerprint density at radius 2 is 1.57 bits per heavy atom. The summed E-state index contributed by atoms with van der Waals surface area (Å²) in [6.45, 7) is 2.86. The Balaban J connectivity index is 1.60. The zero-order chi connectivity index (χ0) is 21.3. The summed E-state index contributed by atoms with van der Waals surface area (Å²) < 4.78 is 0. The topological polar surface area (TPSA) is 61.4 Å². The highest BCUT2D eigenvalue weighted by molar-refractivity contribution is 6.30. The fourth-order valence-corrected chi connectivity index (χ4v) is 3.12. The quantitative estimate of drug-likeness (QED) is 0.494. The fraction of sp³-hybridized carbons (Fsp3) is 0.167. The molecule has 3 aromatic carbocycles. The van der Waals surface area contributed by atoms with E-state index in [9.17, 15) is 9.59 Å². The van der Waals surface area contributed by atoms with Crippen molar-refractivity contribution in [2.24, 2.45) is 0 Å². The number of nitrogens with zero attached hydrogens (tertiary/aromatic N) is 1. The zero-order valence-corrected chi connectivity index (χ0v) is 17.5. The number of rotatable bonds is 7. The van der Waals surface area contributed by atoms with E-state index < -0.39 is 0 Å².